The zero-order valence-corrected chi connectivity index (χ0v) is 21.1. The van der Waals surface area contributed by atoms with E-state index in [1.165, 1.54) is 16.0 Å². The Labute approximate surface area is 203 Å². The summed E-state index contributed by atoms with van der Waals surface area (Å²) in [5.41, 5.74) is 3.81. The number of rotatable bonds is 5. The van der Waals surface area contributed by atoms with Crippen molar-refractivity contribution in [2.24, 2.45) is 11.3 Å². The van der Waals surface area contributed by atoms with Gasteiger partial charge in [0.15, 0.2) is 5.16 Å². The first-order valence-electron chi connectivity index (χ1n) is 11.7. The summed E-state index contributed by atoms with van der Waals surface area (Å²) in [7, 11) is 0. The Hall–Kier alpha value is -2.37. The van der Waals surface area contributed by atoms with Crippen LogP contribution in [0.5, 0.6) is 0 Å². The highest BCUT2D eigenvalue weighted by atomic mass is 32.2. The molecule has 33 heavy (non-hydrogen) atoms. The Bertz CT molecular complexity index is 1320. The molecule has 0 amide bonds. The molecule has 0 saturated heterocycles. The highest BCUT2D eigenvalue weighted by molar-refractivity contribution is 7.99. The lowest BCUT2D eigenvalue weighted by Gasteiger charge is -2.33. The minimum atomic E-state index is 0.0834. The summed E-state index contributed by atoms with van der Waals surface area (Å²) < 4.78 is 1.83. The second-order valence-electron chi connectivity index (χ2n) is 9.94. The Balaban J connectivity index is 1.56. The number of aromatic nitrogens is 2. The molecular weight excluding hydrogens is 444 g/mol. The van der Waals surface area contributed by atoms with Crippen molar-refractivity contribution in [1.82, 2.24) is 9.55 Å². The predicted molar refractivity (Wildman–Crippen MR) is 141 cm³/mol. The zero-order valence-electron chi connectivity index (χ0n) is 19.5. The molecule has 0 spiro atoms. The van der Waals surface area contributed by atoms with Crippen LogP contribution in [-0.2, 0) is 19.3 Å². The first-order valence-corrected chi connectivity index (χ1v) is 13.5. The standard InChI is InChI=1S/C28H30N2OS2/c1-28(2,3)20-14-15-22-23(18-20)33-25-24(22)26(31)30(21-12-8-5-9-13-21)27(29-25)32-17-16-19-10-6-4-7-11-19/h4-13,20H,14-18H2,1-3H3/t20-/m1/s1. The van der Waals surface area contributed by atoms with E-state index in [4.69, 9.17) is 4.98 Å². The molecule has 5 heteroatoms. The normalized spacial score (nSPS) is 16.2. The number of thioether (sulfide) groups is 1. The molecule has 170 valence electrons. The SMILES string of the molecule is CC(C)(C)[C@@H]1CCc2c(sc3nc(SCCc4ccccc4)n(-c4ccccc4)c(=O)c23)C1. The van der Waals surface area contributed by atoms with Crippen LogP contribution in [0.1, 0.15) is 43.2 Å². The van der Waals surface area contributed by atoms with Gasteiger partial charge in [-0.1, -0.05) is 81.1 Å². The van der Waals surface area contributed by atoms with Gasteiger partial charge in [0.2, 0.25) is 0 Å². The Morgan fingerprint density at radius 2 is 1.76 bits per heavy atom. The fraction of sp³-hybridized carbons (Fsp3) is 0.357. The van der Waals surface area contributed by atoms with Crippen LogP contribution in [0.2, 0.25) is 0 Å². The van der Waals surface area contributed by atoms with Gasteiger partial charge in [0.25, 0.3) is 5.56 Å². The van der Waals surface area contributed by atoms with E-state index in [-0.39, 0.29) is 11.0 Å². The summed E-state index contributed by atoms with van der Waals surface area (Å²) in [6, 6.07) is 20.5. The van der Waals surface area contributed by atoms with Crippen molar-refractivity contribution in [1.29, 1.82) is 0 Å². The van der Waals surface area contributed by atoms with Crippen LogP contribution in [-0.4, -0.2) is 15.3 Å². The van der Waals surface area contributed by atoms with Crippen LogP contribution in [0.15, 0.2) is 70.6 Å². The molecule has 0 aliphatic heterocycles. The first kappa shape index (κ1) is 22.4. The van der Waals surface area contributed by atoms with Gasteiger partial charge in [0, 0.05) is 10.6 Å². The fourth-order valence-electron chi connectivity index (χ4n) is 4.75. The third-order valence-corrected chi connectivity index (χ3v) is 8.84. The summed E-state index contributed by atoms with van der Waals surface area (Å²) in [5, 5.41) is 1.64. The quantitative estimate of drug-likeness (QED) is 0.232. The maximum Gasteiger partial charge on any atom is 0.267 e. The summed E-state index contributed by atoms with van der Waals surface area (Å²) >= 11 is 3.42. The largest absolute Gasteiger partial charge is 0.268 e. The third-order valence-electron chi connectivity index (χ3n) is 6.76. The van der Waals surface area contributed by atoms with Crippen LogP contribution in [0.4, 0.5) is 0 Å². The monoisotopic (exact) mass is 474 g/mol. The molecule has 2 aromatic heterocycles. The predicted octanol–water partition coefficient (Wildman–Crippen LogP) is 6.93. The molecule has 4 aromatic rings. The van der Waals surface area contributed by atoms with E-state index in [9.17, 15) is 4.79 Å². The molecule has 2 aromatic carbocycles. The Morgan fingerprint density at radius 1 is 1.06 bits per heavy atom. The highest BCUT2D eigenvalue weighted by Gasteiger charge is 2.32. The fourth-order valence-corrected chi connectivity index (χ4v) is 7.09. The number of fused-ring (bicyclic) bond motifs is 3. The summed E-state index contributed by atoms with van der Waals surface area (Å²) in [5.74, 6) is 1.53. The van der Waals surface area contributed by atoms with Gasteiger partial charge < -0.3 is 0 Å². The van der Waals surface area contributed by atoms with Crippen LogP contribution in [0, 0.1) is 11.3 Å². The van der Waals surface area contributed by atoms with Crippen molar-refractivity contribution >= 4 is 33.3 Å². The number of thiophene rings is 1. The van der Waals surface area contributed by atoms with Gasteiger partial charge in [0.05, 0.1) is 11.1 Å². The number of benzene rings is 2. The van der Waals surface area contributed by atoms with Crippen LogP contribution in [0.25, 0.3) is 15.9 Å². The van der Waals surface area contributed by atoms with Gasteiger partial charge in [-0.3, -0.25) is 9.36 Å². The molecule has 0 saturated carbocycles. The molecule has 3 nitrogen and oxygen atoms in total. The van der Waals surface area contributed by atoms with E-state index in [1.54, 1.807) is 23.1 Å². The summed E-state index contributed by atoms with van der Waals surface area (Å²) in [6.07, 6.45) is 4.12. The lowest BCUT2D eigenvalue weighted by atomic mass is 9.72. The molecule has 0 radical (unpaired) electrons. The van der Waals surface area contributed by atoms with Crippen LogP contribution < -0.4 is 5.56 Å². The second kappa shape index (κ2) is 9.11. The first-order chi connectivity index (χ1) is 15.9. The van der Waals surface area contributed by atoms with Crippen molar-refractivity contribution in [3.63, 3.8) is 0 Å². The van der Waals surface area contributed by atoms with Crippen molar-refractivity contribution in [2.45, 2.75) is 51.6 Å². The third kappa shape index (κ3) is 4.53. The van der Waals surface area contributed by atoms with Crippen LogP contribution in [0.3, 0.4) is 0 Å². The van der Waals surface area contributed by atoms with Crippen molar-refractivity contribution < 1.29 is 0 Å². The second-order valence-corrected chi connectivity index (χ2v) is 12.1. The molecule has 1 aliphatic carbocycles. The van der Waals surface area contributed by atoms with E-state index < -0.39 is 0 Å². The van der Waals surface area contributed by atoms with Gasteiger partial charge in [-0.05, 0) is 60.3 Å². The van der Waals surface area contributed by atoms with E-state index in [0.717, 1.165) is 52.5 Å². The molecule has 0 N–H and O–H groups in total. The Kier molecular flexibility index (Phi) is 6.19. The molecule has 2 heterocycles. The van der Waals surface area contributed by atoms with Crippen molar-refractivity contribution in [3.05, 3.63) is 87.0 Å². The van der Waals surface area contributed by atoms with E-state index in [2.05, 4.69) is 45.0 Å². The lowest BCUT2D eigenvalue weighted by Crippen LogP contribution is -2.27. The number of nitrogens with zero attached hydrogens (tertiary/aromatic N) is 2. The topological polar surface area (TPSA) is 34.9 Å². The van der Waals surface area contributed by atoms with Gasteiger partial charge in [0.1, 0.15) is 4.83 Å². The highest BCUT2D eigenvalue weighted by Crippen LogP contribution is 2.42. The van der Waals surface area contributed by atoms with Gasteiger partial charge >= 0.3 is 0 Å². The maximum absolute atomic E-state index is 13.9. The van der Waals surface area contributed by atoms with Crippen LogP contribution >= 0.6 is 23.1 Å². The average Bonchev–Trinajstić information content (AvgIpc) is 3.18. The Morgan fingerprint density at radius 3 is 2.45 bits per heavy atom. The summed E-state index contributed by atoms with van der Waals surface area (Å²) in [4.78, 5) is 21.3. The minimum absolute atomic E-state index is 0.0834. The number of hydrogen-bond acceptors (Lipinski definition) is 4. The molecule has 0 fully saturated rings. The number of para-hydroxylation sites is 1. The minimum Gasteiger partial charge on any atom is -0.268 e. The average molecular weight is 475 g/mol. The molecule has 0 unspecified atom stereocenters. The van der Waals surface area contributed by atoms with Gasteiger partial charge in [-0.2, -0.15) is 0 Å². The van der Waals surface area contributed by atoms with E-state index in [1.807, 2.05) is 41.0 Å². The molecule has 1 aliphatic rings. The zero-order chi connectivity index (χ0) is 23.0. The molecule has 0 bridgehead atoms. The van der Waals surface area contributed by atoms with E-state index >= 15 is 0 Å². The molecule has 1 atom stereocenters. The maximum atomic E-state index is 13.9. The lowest BCUT2D eigenvalue weighted by molar-refractivity contribution is 0.218. The number of hydrogen-bond donors (Lipinski definition) is 0. The van der Waals surface area contributed by atoms with Crippen molar-refractivity contribution in [2.75, 3.05) is 5.75 Å². The smallest absolute Gasteiger partial charge is 0.267 e. The van der Waals surface area contributed by atoms with Gasteiger partial charge in [-0.15, -0.1) is 11.3 Å². The van der Waals surface area contributed by atoms with Crippen molar-refractivity contribution in [3.8, 4) is 5.69 Å². The number of aryl methyl sites for hydroxylation is 2. The van der Waals surface area contributed by atoms with Gasteiger partial charge in [-0.25, -0.2) is 4.98 Å². The molecular formula is C28H30N2OS2. The summed E-state index contributed by atoms with van der Waals surface area (Å²) in [6.45, 7) is 6.99. The molecule has 5 rings (SSSR count). The van der Waals surface area contributed by atoms with E-state index in [0.29, 0.717) is 5.92 Å².